The Labute approximate surface area is 118 Å². The molecule has 21 heavy (non-hydrogen) atoms. The standard InChI is InChI=1S/C12H13F3O6/c1-4-21-10(17)6-8(12(13,14)15)7(11(18)20-3)5-9(16)19-2/h5-6H,4H2,1-3H3/b7-5-,8-6-. The van der Waals surface area contributed by atoms with Gasteiger partial charge in [0.15, 0.2) is 0 Å². The number of carbonyl (C=O) groups is 3. The van der Waals surface area contributed by atoms with Crippen LogP contribution in [-0.2, 0) is 28.6 Å². The first-order chi connectivity index (χ1) is 9.67. The fourth-order valence-corrected chi connectivity index (χ4v) is 1.15. The van der Waals surface area contributed by atoms with Gasteiger partial charge in [-0.1, -0.05) is 0 Å². The third kappa shape index (κ3) is 6.11. The van der Waals surface area contributed by atoms with Crippen molar-refractivity contribution in [3.63, 3.8) is 0 Å². The van der Waals surface area contributed by atoms with E-state index in [4.69, 9.17) is 0 Å². The van der Waals surface area contributed by atoms with Gasteiger partial charge in [-0.3, -0.25) is 0 Å². The van der Waals surface area contributed by atoms with Gasteiger partial charge in [-0.05, 0) is 6.92 Å². The zero-order chi connectivity index (χ0) is 16.6. The van der Waals surface area contributed by atoms with E-state index >= 15 is 0 Å². The summed E-state index contributed by atoms with van der Waals surface area (Å²) in [5.41, 5.74) is -2.83. The van der Waals surface area contributed by atoms with Crippen LogP contribution >= 0.6 is 0 Å². The molecule has 0 aliphatic heterocycles. The number of methoxy groups -OCH3 is 2. The summed E-state index contributed by atoms with van der Waals surface area (Å²) in [6, 6.07) is 0. The largest absolute Gasteiger partial charge is 0.466 e. The molecule has 0 bridgehead atoms. The summed E-state index contributed by atoms with van der Waals surface area (Å²) in [6.07, 6.45) is -4.74. The zero-order valence-corrected chi connectivity index (χ0v) is 11.4. The highest BCUT2D eigenvalue weighted by Crippen LogP contribution is 2.32. The fourth-order valence-electron chi connectivity index (χ4n) is 1.15. The minimum absolute atomic E-state index is 0.0647. The van der Waals surface area contributed by atoms with Crippen LogP contribution in [0.5, 0.6) is 0 Å². The summed E-state index contributed by atoms with van der Waals surface area (Å²) in [6.45, 7) is 1.24. The van der Waals surface area contributed by atoms with Gasteiger partial charge in [-0.15, -0.1) is 0 Å². The summed E-state index contributed by atoms with van der Waals surface area (Å²) >= 11 is 0. The van der Waals surface area contributed by atoms with Crippen LogP contribution in [0, 0.1) is 0 Å². The smallest absolute Gasteiger partial charge is 0.417 e. The Kier molecular flexibility index (Phi) is 7.18. The molecule has 118 valence electrons. The molecule has 0 aromatic rings. The van der Waals surface area contributed by atoms with Gasteiger partial charge in [-0.25, -0.2) is 14.4 Å². The van der Waals surface area contributed by atoms with E-state index in [1.807, 2.05) is 0 Å². The van der Waals surface area contributed by atoms with E-state index in [1.54, 1.807) is 0 Å². The number of rotatable bonds is 5. The minimum atomic E-state index is -5.08. The lowest BCUT2D eigenvalue weighted by Crippen LogP contribution is -2.22. The molecule has 0 aliphatic rings. The molecule has 0 aromatic carbocycles. The highest BCUT2D eigenvalue weighted by molar-refractivity contribution is 6.02. The number of esters is 3. The molecular formula is C12H13F3O6. The molecule has 9 heteroatoms. The third-order valence-corrected chi connectivity index (χ3v) is 2.01. The van der Waals surface area contributed by atoms with Crippen molar-refractivity contribution in [3.8, 4) is 0 Å². The van der Waals surface area contributed by atoms with Crippen molar-refractivity contribution in [1.82, 2.24) is 0 Å². The molecule has 0 fully saturated rings. The van der Waals surface area contributed by atoms with Gasteiger partial charge in [0.1, 0.15) is 0 Å². The molecule has 0 aliphatic carbocycles. The van der Waals surface area contributed by atoms with Crippen molar-refractivity contribution in [2.24, 2.45) is 0 Å². The van der Waals surface area contributed by atoms with Crippen LogP contribution in [0.3, 0.4) is 0 Å². The van der Waals surface area contributed by atoms with Gasteiger partial charge in [0, 0.05) is 12.2 Å². The first kappa shape index (κ1) is 18.7. The second-order valence-corrected chi connectivity index (χ2v) is 3.38. The topological polar surface area (TPSA) is 78.9 Å². The normalized spacial score (nSPS) is 12.7. The van der Waals surface area contributed by atoms with E-state index in [2.05, 4.69) is 14.2 Å². The van der Waals surface area contributed by atoms with Crippen molar-refractivity contribution >= 4 is 17.9 Å². The summed E-state index contributed by atoms with van der Waals surface area (Å²) in [5, 5.41) is 0. The Morgan fingerprint density at radius 3 is 1.95 bits per heavy atom. The number of hydrogen-bond donors (Lipinski definition) is 0. The number of alkyl halides is 3. The van der Waals surface area contributed by atoms with Crippen LogP contribution in [0.2, 0.25) is 0 Å². The number of carbonyl (C=O) groups excluding carboxylic acids is 3. The molecule has 0 rings (SSSR count). The van der Waals surface area contributed by atoms with E-state index in [0.29, 0.717) is 0 Å². The lowest BCUT2D eigenvalue weighted by Gasteiger charge is -2.13. The van der Waals surface area contributed by atoms with Crippen molar-refractivity contribution in [1.29, 1.82) is 0 Å². The van der Waals surface area contributed by atoms with E-state index < -0.39 is 35.2 Å². The maximum Gasteiger partial charge on any atom is 0.417 e. The third-order valence-electron chi connectivity index (χ3n) is 2.01. The van der Waals surface area contributed by atoms with Crippen LogP contribution in [0.25, 0.3) is 0 Å². The average molecular weight is 310 g/mol. The monoisotopic (exact) mass is 310 g/mol. The molecule has 0 unspecified atom stereocenters. The highest BCUT2D eigenvalue weighted by atomic mass is 19.4. The molecule has 0 aromatic heterocycles. The molecule has 0 radical (unpaired) electrons. The predicted molar refractivity (Wildman–Crippen MR) is 62.9 cm³/mol. The zero-order valence-electron chi connectivity index (χ0n) is 11.4. The van der Waals surface area contributed by atoms with Crippen molar-refractivity contribution in [2.75, 3.05) is 20.8 Å². The summed E-state index contributed by atoms with van der Waals surface area (Å²) in [7, 11) is 1.74. The highest BCUT2D eigenvalue weighted by Gasteiger charge is 2.40. The molecule has 6 nitrogen and oxygen atoms in total. The molecule has 0 saturated carbocycles. The van der Waals surface area contributed by atoms with Gasteiger partial charge in [0.25, 0.3) is 0 Å². The van der Waals surface area contributed by atoms with Crippen LogP contribution in [0.15, 0.2) is 23.3 Å². The second-order valence-electron chi connectivity index (χ2n) is 3.38. The van der Waals surface area contributed by atoms with Gasteiger partial charge in [-0.2, -0.15) is 13.2 Å². The molecule has 0 spiro atoms. The average Bonchev–Trinajstić information content (AvgIpc) is 2.40. The number of hydrogen-bond acceptors (Lipinski definition) is 6. The van der Waals surface area contributed by atoms with E-state index in [9.17, 15) is 27.6 Å². The molecule has 0 amide bonds. The lowest BCUT2D eigenvalue weighted by atomic mass is 10.0. The van der Waals surface area contributed by atoms with Crippen molar-refractivity contribution in [3.05, 3.63) is 23.3 Å². The lowest BCUT2D eigenvalue weighted by molar-refractivity contribution is -0.140. The van der Waals surface area contributed by atoms with Crippen LogP contribution in [0.4, 0.5) is 13.2 Å². The predicted octanol–water partition coefficient (Wildman–Crippen LogP) is 1.31. The fraction of sp³-hybridized carbons (Fsp3) is 0.417. The Morgan fingerprint density at radius 1 is 1.00 bits per heavy atom. The van der Waals surface area contributed by atoms with Gasteiger partial charge in [0.05, 0.1) is 32.0 Å². The van der Waals surface area contributed by atoms with Crippen LogP contribution in [-0.4, -0.2) is 44.9 Å². The SMILES string of the molecule is CCOC(=O)/C=C(/C(=C/C(=O)OC)C(=O)OC)C(F)(F)F. The molecule has 0 N–H and O–H groups in total. The second kappa shape index (κ2) is 8.08. The van der Waals surface area contributed by atoms with Gasteiger partial charge < -0.3 is 14.2 Å². The van der Waals surface area contributed by atoms with E-state index in [1.165, 1.54) is 6.92 Å². The van der Waals surface area contributed by atoms with Crippen molar-refractivity contribution in [2.45, 2.75) is 13.1 Å². The molecule has 0 heterocycles. The number of ether oxygens (including phenoxy) is 3. The molecular weight excluding hydrogens is 297 g/mol. The minimum Gasteiger partial charge on any atom is -0.466 e. The van der Waals surface area contributed by atoms with Gasteiger partial charge in [0.2, 0.25) is 0 Å². The summed E-state index contributed by atoms with van der Waals surface area (Å²) < 4.78 is 51.5. The van der Waals surface area contributed by atoms with Crippen LogP contribution < -0.4 is 0 Å². The summed E-state index contributed by atoms with van der Waals surface area (Å²) in [5.74, 6) is -3.98. The van der Waals surface area contributed by atoms with Crippen LogP contribution in [0.1, 0.15) is 6.92 Å². The Balaban J connectivity index is 5.94. The van der Waals surface area contributed by atoms with Crippen molar-refractivity contribution < 1.29 is 41.8 Å². The van der Waals surface area contributed by atoms with E-state index in [-0.39, 0.29) is 18.8 Å². The van der Waals surface area contributed by atoms with E-state index in [0.717, 1.165) is 14.2 Å². The Bertz CT molecular complexity index is 476. The first-order valence-corrected chi connectivity index (χ1v) is 5.51. The summed E-state index contributed by atoms with van der Waals surface area (Å²) in [4.78, 5) is 33.6. The molecule has 0 atom stereocenters. The van der Waals surface area contributed by atoms with Gasteiger partial charge >= 0.3 is 24.1 Å². The quantitative estimate of drug-likeness (QED) is 0.330. The Hall–Kier alpha value is -2.32. The maximum absolute atomic E-state index is 12.9. The molecule has 0 saturated heterocycles. The first-order valence-electron chi connectivity index (χ1n) is 5.51. The Morgan fingerprint density at radius 2 is 1.57 bits per heavy atom. The maximum atomic E-state index is 12.9. The number of halogens is 3.